The van der Waals surface area contributed by atoms with Gasteiger partial charge in [-0.15, -0.1) is 0 Å². The van der Waals surface area contributed by atoms with Crippen molar-refractivity contribution in [2.75, 3.05) is 0 Å². The van der Waals surface area contributed by atoms with Crippen molar-refractivity contribution >= 4 is 11.6 Å². The van der Waals surface area contributed by atoms with E-state index in [1.807, 2.05) is 80.1 Å². The number of carbonyl (C=O) groups excluding carboxylic acids is 1. The van der Waals surface area contributed by atoms with Crippen molar-refractivity contribution in [2.24, 2.45) is 5.10 Å². The van der Waals surface area contributed by atoms with E-state index in [0.717, 1.165) is 34.6 Å². The van der Waals surface area contributed by atoms with Crippen molar-refractivity contribution < 1.29 is 4.79 Å². The first-order valence-corrected chi connectivity index (χ1v) is 9.09. The van der Waals surface area contributed by atoms with Crippen LogP contribution in [0.2, 0.25) is 0 Å². The van der Waals surface area contributed by atoms with E-state index in [1.54, 1.807) is 0 Å². The van der Waals surface area contributed by atoms with Gasteiger partial charge in [0.05, 0.1) is 18.0 Å². The van der Waals surface area contributed by atoms with E-state index >= 15 is 0 Å². The van der Waals surface area contributed by atoms with E-state index in [1.165, 1.54) is 0 Å². The van der Waals surface area contributed by atoms with Crippen LogP contribution in [0.1, 0.15) is 46.2 Å². The van der Waals surface area contributed by atoms with E-state index in [-0.39, 0.29) is 5.91 Å². The van der Waals surface area contributed by atoms with Gasteiger partial charge < -0.3 is 0 Å². The van der Waals surface area contributed by atoms with Crippen LogP contribution in [0, 0.1) is 13.8 Å². The highest BCUT2D eigenvalue weighted by atomic mass is 16.2. The van der Waals surface area contributed by atoms with Crippen LogP contribution in [0.5, 0.6) is 0 Å². The molecule has 1 aromatic heterocycles. The molecule has 5 heteroatoms. The summed E-state index contributed by atoms with van der Waals surface area (Å²) in [5.74, 6) is -0.213. The maximum absolute atomic E-state index is 12.4. The first-order chi connectivity index (χ1) is 13.1. The number of nitrogens with one attached hydrogen (secondary N) is 1. The second-order valence-corrected chi connectivity index (χ2v) is 6.50. The number of rotatable bonds is 6. The predicted octanol–water partition coefficient (Wildman–Crippen LogP) is 4.09. The molecule has 138 valence electrons. The molecule has 3 aromatic rings. The molecule has 3 rings (SSSR count). The number of hydrogen-bond donors (Lipinski definition) is 1. The van der Waals surface area contributed by atoms with Gasteiger partial charge in [-0.2, -0.15) is 10.2 Å². The Labute approximate surface area is 159 Å². The lowest BCUT2D eigenvalue weighted by molar-refractivity contribution is 0.0955. The summed E-state index contributed by atoms with van der Waals surface area (Å²) < 4.78 is 1.96. The SMILES string of the molecule is CC/C(=N\NC(=O)c1ccc(Cn2nc(C)cc2C)cc1)c1ccccc1. The number of benzene rings is 2. The average Bonchev–Trinajstić information content (AvgIpc) is 3.00. The lowest BCUT2D eigenvalue weighted by Crippen LogP contribution is -2.20. The van der Waals surface area contributed by atoms with E-state index in [2.05, 4.69) is 21.7 Å². The van der Waals surface area contributed by atoms with E-state index < -0.39 is 0 Å². The summed E-state index contributed by atoms with van der Waals surface area (Å²) >= 11 is 0. The minimum Gasteiger partial charge on any atom is -0.267 e. The summed E-state index contributed by atoms with van der Waals surface area (Å²) in [5, 5.41) is 8.77. The van der Waals surface area contributed by atoms with Crippen LogP contribution >= 0.6 is 0 Å². The molecule has 0 aliphatic rings. The molecular weight excluding hydrogens is 336 g/mol. The van der Waals surface area contributed by atoms with Gasteiger partial charge in [0.2, 0.25) is 0 Å². The van der Waals surface area contributed by atoms with Gasteiger partial charge >= 0.3 is 0 Å². The fourth-order valence-electron chi connectivity index (χ4n) is 2.93. The first-order valence-electron chi connectivity index (χ1n) is 9.09. The normalized spacial score (nSPS) is 11.4. The Morgan fingerprint density at radius 3 is 2.33 bits per heavy atom. The first kappa shape index (κ1) is 18.6. The summed E-state index contributed by atoms with van der Waals surface area (Å²) in [4.78, 5) is 12.4. The van der Waals surface area contributed by atoms with E-state index in [0.29, 0.717) is 12.1 Å². The maximum Gasteiger partial charge on any atom is 0.271 e. The molecule has 1 amide bonds. The molecule has 0 saturated carbocycles. The highest BCUT2D eigenvalue weighted by Gasteiger charge is 2.07. The van der Waals surface area contributed by atoms with Crippen LogP contribution in [-0.4, -0.2) is 21.4 Å². The zero-order valence-corrected chi connectivity index (χ0v) is 15.9. The Morgan fingerprint density at radius 1 is 1.04 bits per heavy atom. The summed E-state index contributed by atoms with van der Waals surface area (Å²) in [6.07, 6.45) is 0.742. The summed E-state index contributed by atoms with van der Waals surface area (Å²) in [6.45, 7) is 6.73. The lowest BCUT2D eigenvalue weighted by atomic mass is 10.1. The molecule has 2 aromatic carbocycles. The molecule has 5 nitrogen and oxygen atoms in total. The van der Waals surface area contributed by atoms with Crippen molar-refractivity contribution in [1.29, 1.82) is 0 Å². The Hall–Kier alpha value is -3.21. The topological polar surface area (TPSA) is 59.3 Å². The molecule has 0 spiro atoms. The standard InChI is InChI=1S/C22H24N4O/c1-4-21(19-8-6-5-7-9-19)23-24-22(27)20-12-10-18(11-13-20)15-26-17(3)14-16(2)25-26/h5-14H,4,15H2,1-3H3,(H,24,27)/b23-21+. The van der Waals surface area contributed by atoms with Crippen molar-refractivity contribution in [3.8, 4) is 0 Å². The van der Waals surface area contributed by atoms with Gasteiger partial charge in [-0.1, -0.05) is 49.4 Å². The van der Waals surface area contributed by atoms with Crippen molar-refractivity contribution in [3.63, 3.8) is 0 Å². The van der Waals surface area contributed by atoms with Crippen LogP contribution in [0.3, 0.4) is 0 Å². The van der Waals surface area contributed by atoms with Gasteiger partial charge in [0.25, 0.3) is 5.91 Å². The van der Waals surface area contributed by atoms with Crippen molar-refractivity contribution in [1.82, 2.24) is 15.2 Å². The van der Waals surface area contributed by atoms with Crippen LogP contribution in [-0.2, 0) is 6.54 Å². The Bertz CT molecular complexity index is 940. The van der Waals surface area contributed by atoms with Crippen LogP contribution in [0.25, 0.3) is 0 Å². The molecule has 0 aliphatic heterocycles. The van der Waals surface area contributed by atoms with Gasteiger partial charge in [-0.25, -0.2) is 5.43 Å². The largest absolute Gasteiger partial charge is 0.271 e. The summed E-state index contributed by atoms with van der Waals surface area (Å²) in [6, 6.07) is 19.5. The van der Waals surface area contributed by atoms with E-state index in [9.17, 15) is 4.79 Å². The Balaban J connectivity index is 1.67. The van der Waals surface area contributed by atoms with Crippen molar-refractivity contribution in [3.05, 3.63) is 88.7 Å². The third-order valence-electron chi connectivity index (χ3n) is 4.39. The molecule has 0 saturated heterocycles. The molecule has 0 radical (unpaired) electrons. The Kier molecular flexibility index (Phi) is 5.81. The average molecular weight is 360 g/mol. The lowest BCUT2D eigenvalue weighted by Gasteiger charge is -2.07. The van der Waals surface area contributed by atoms with E-state index in [4.69, 9.17) is 0 Å². The van der Waals surface area contributed by atoms with Crippen molar-refractivity contribution in [2.45, 2.75) is 33.7 Å². The fraction of sp³-hybridized carbons (Fsp3) is 0.227. The summed E-state index contributed by atoms with van der Waals surface area (Å²) in [7, 11) is 0. The molecule has 1 heterocycles. The molecule has 1 N–H and O–H groups in total. The van der Waals surface area contributed by atoms with Crippen LogP contribution in [0.15, 0.2) is 65.8 Å². The molecule has 0 unspecified atom stereocenters. The number of aromatic nitrogens is 2. The fourth-order valence-corrected chi connectivity index (χ4v) is 2.93. The number of hydrogen-bond acceptors (Lipinski definition) is 3. The highest BCUT2D eigenvalue weighted by molar-refractivity contribution is 6.02. The zero-order valence-electron chi connectivity index (χ0n) is 15.9. The third kappa shape index (κ3) is 4.70. The number of carbonyl (C=O) groups is 1. The quantitative estimate of drug-likeness (QED) is 0.532. The number of hydrazone groups is 1. The van der Waals surface area contributed by atoms with Gasteiger partial charge in [0.1, 0.15) is 0 Å². The number of aryl methyl sites for hydroxylation is 2. The van der Waals surface area contributed by atoms with Gasteiger partial charge in [0.15, 0.2) is 0 Å². The van der Waals surface area contributed by atoms with Crippen LogP contribution in [0.4, 0.5) is 0 Å². The predicted molar refractivity (Wildman–Crippen MR) is 108 cm³/mol. The highest BCUT2D eigenvalue weighted by Crippen LogP contribution is 2.10. The van der Waals surface area contributed by atoms with Gasteiger partial charge in [0, 0.05) is 11.3 Å². The van der Waals surface area contributed by atoms with Gasteiger partial charge in [-0.3, -0.25) is 9.48 Å². The third-order valence-corrected chi connectivity index (χ3v) is 4.39. The van der Waals surface area contributed by atoms with Gasteiger partial charge in [-0.05, 0) is 49.6 Å². The molecule has 0 fully saturated rings. The maximum atomic E-state index is 12.4. The molecular formula is C22H24N4O. The molecule has 0 bridgehead atoms. The molecule has 27 heavy (non-hydrogen) atoms. The second-order valence-electron chi connectivity index (χ2n) is 6.50. The number of amides is 1. The Morgan fingerprint density at radius 2 is 1.74 bits per heavy atom. The zero-order chi connectivity index (χ0) is 19.2. The summed E-state index contributed by atoms with van der Waals surface area (Å²) in [5.41, 5.74) is 8.34. The minimum absolute atomic E-state index is 0.213. The molecule has 0 atom stereocenters. The minimum atomic E-state index is -0.213. The van der Waals surface area contributed by atoms with Crippen LogP contribution < -0.4 is 5.43 Å². The number of nitrogens with zero attached hydrogens (tertiary/aromatic N) is 3. The monoisotopic (exact) mass is 360 g/mol. The smallest absolute Gasteiger partial charge is 0.267 e. The molecule has 0 aliphatic carbocycles. The second kappa shape index (κ2) is 8.45.